The molecule has 2 N–H and O–H groups in total. The van der Waals surface area contributed by atoms with Gasteiger partial charge in [0.1, 0.15) is 0 Å². The fraction of sp³-hybridized carbons (Fsp3) is 0.500. The van der Waals surface area contributed by atoms with Gasteiger partial charge in [0.15, 0.2) is 0 Å². The van der Waals surface area contributed by atoms with Crippen molar-refractivity contribution in [1.82, 2.24) is 10.2 Å². The first-order valence-electron chi connectivity index (χ1n) is 5.78. The SMILES string of the molecule is CC(C)N(CCC(=O)O)C(=O)NCc1ccsc1. The number of carboxylic acid groups (broad SMARTS) is 1. The van der Waals surface area contributed by atoms with E-state index in [0.717, 1.165) is 5.56 Å². The normalized spacial score (nSPS) is 10.4. The third kappa shape index (κ3) is 4.75. The molecule has 0 saturated heterocycles. The Bertz CT molecular complexity index is 390. The van der Waals surface area contributed by atoms with E-state index in [1.807, 2.05) is 30.7 Å². The van der Waals surface area contributed by atoms with Crippen molar-refractivity contribution in [3.05, 3.63) is 22.4 Å². The van der Waals surface area contributed by atoms with Gasteiger partial charge in [0.25, 0.3) is 0 Å². The van der Waals surface area contributed by atoms with E-state index in [0.29, 0.717) is 6.54 Å². The molecular formula is C12H18N2O3S. The lowest BCUT2D eigenvalue weighted by Gasteiger charge is -2.26. The molecule has 0 aliphatic carbocycles. The van der Waals surface area contributed by atoms with Crippen molar-refractivity contribution in [1.29, 1.82) is 0 Å². The van der Waals surface area contributed by atoms with Gasteiger partial charge in [-0.2, -0.15) is 11.3 Å². The molecule has 100 valence electrons. The highest BCUT2D eigenvalue weighted by Crippen LogP contribution is 2.06. The van der Waals surface area contributed by atoms with Gasteiger partial charge in [0.05, 0.1) is 6.42 Å². The highest BCUT2D eigenvalue weighted by atomic mass is 32.1. The molecule has 0 aliphatic rings. The van der Waals surface area contributed by atoms with E-state index < -0.39 is 5.97 Å². The minimum absolute atomic E-state index is 0.0215. The fourth-order valence-electron chi connectivity index (χ4n) is 1.48. The number of aliphatic carboxylic acids is 1. The molecule has 1 heterocycles. The Kier molecular flexibility index (Phi) is 5.64. The summed E-state index contributed by atoms with van der Waals surface area (Å²) in [6, 6.07) is 1.70. The molecule has 1 aromatic heterocycles. The van der Waals surface area contributed by atoms with E-state index in [1.54, 1.807) is 11.3 Å². The van der Waals surface area contributed by atoms with Crippen LogP contribution in [0.15, 0.2) is 16.8 Å². The van der Waals surface area contributed by atoms with Crippen molar-refractivity contribution in [2.24, 2.45) is 0 Å². The number of nitrogens with one attached hydrogen (secondary N) is 1. The second-order valence-electron chi connectivity index (χ2n) is 4.22. The summed E-state index contributed by atoms with van der Waals surface area (Å²) in [4.78, 5) is 24.0. The lowest BCUT2D eigenvalue weighted by atomic mass is 10.3. The van der Waals surface area contributed by atoms with Gasteiger partial charge in [-0.05, 0) is 36.2 Å². The van der Waals surface area contributed by atoms with Crippen molar-refractivity contribution in [3.63, 3.8) is 0 Å². The Hall–Kier alpha value is -1.56. The van der Waals surface area contributed by atoms with Crippen LogP contribution in [-0.4, -0.2) is 34.6 Å². The Morgan fingerprint density at radius 1 is 1.50 bits per heavy atom. The Labute approximate surface area is 110 Å². The van der Waals surface area contributed by atoms with Crippen LogP contribution in [0.3, 0.4) is 0 Å². The number of carbonyl (C=O) groups is 2. The van der Waals surface area contributed by atoms with E-state index in [1.165, 1.54) is 4.90 Å². The molecule has 0 aromatic carbocycles. The Morgan fingerprint density at radius 3 is 2.72 bits per heavy atom. The van der Waals surface area contributed by atoms with E-state index >= 15 is 0 Å². The van der Waals surface area contributed by atoms with Gasteiger partial charge in [-0.15, -0.1) is 0 Å². The molecule has 0 unspecified atom stereocenters. The fourth-order valence-corrected chi connectivity index (χ4v) is 2.15. The summed E-state index contributed by atoms with van der Waals surface area (Å²) in [6.07, 6.45) is -0.0376. The highest BCUT2D eigenvalue weighted by molar-refractivity contribution is 7.07. The summed E-state index contributed by atoms with van der Waals surface area (Å²) < 4.78 is 0. The van der Waals surface area contributed by atoms with Crippen LogP contribution >= 0.6 is 11.3 Å². The standard InChI is InChI=1S/C12H18N2O3S/c1-9(2)14(5-3-11(15)16)12(17)13-7-10-4-6-18-8-10/h4,6,8-9H,3,5,7H2,1-2H3,(H,13,17)(H,15,16). The van der Waals surface area contributed by atoms with Crippen LogP contribution in [0.4, 0.5) is 4.79 Å². The van der Waals surface area contributed by atoms with Crippen LogP contribution in [-0.2, 0) is 11.3 Å². The molecule has 0 fully saturated rings. The summed E-state index contributed by atoms with van der Waals surface area (Å²) >= 11 is 1.58. The molecule has 18 heavy (non-hydrogen) atoms. The van der Waals surface area contributed by atoms with Crippen LogP contribution in [0.5, 0.6) is 0 Å². The van der Waals surface area contributed by atoms with Crippen LogP contribution in [0.25, 0.3) is 0 Å². The second kappa shape index (κ2) is 7.00. The summed E-state index contributed by atoms with van der Waals surface area (Å²) in [7, 11) is 0. The number of hydrogen-bond donors (Lipinski definition) is 2. The van der Waals surface area contributed by atoms with Crippen LogP contribution in [0.2, 0.25) is 0 Å². The van der Waals surface area contributed by atoms with Crippen molar-refractivity contribution in [2.75, 3.05) is 6.54 Å². The Morgan fingerprint density at radius 2 is 2.22 bits per heavy atom. The first kappa shape index (κ1) is 14.5. The monoisotopic (exact) mass is 270 g/mol. The van der Waals surface area contributed by atoms with Gasteiger partial charge in [-0.1, -0.05) is 0 Å². The maximum atomic E-state index is 11.9. The van der Waals surface area contributed by atoms with Gasteiger partial charge in [0, 0.05) is 19.1 Å². The molecule has 0 bridgehead atoms. The smallest absolute Gasteiger partial charge is 0.317 e. The number of carbonyl (C=O) groups excluding carboxylic acids is 1. The zero-order chi connectivity index (χ0) is 13.5. The molecule has 6 heteroatoms. The average Bonchev–Trinajstić information content (AvgIpc) is 2.78. The molecule has 5 nitrogen and oxygen atoms in total. The molecule has 0 aliphatic heterocycles. The number of carboxylic acids is 1. The molecule has 0 radical (unpaired) electrons. The van der Waals surface area contributed by atoms with Crippen molar-refractivity contribution >= 4 is 23.3 Å². The number of urea groups is 1. The minimum atomic E-state index is -0.897. The summed E-state index contributed by atoms with van der Waals surface area (Å²) in [5.74, 6) is -0.897. The molecule has 1 aromatic rings. The molecule has 0 spiro atoms. The first-order valence-corrected chi connectivity index (χ1v) is 6.72. The van der Waals surface area contributed by atoms with E-state index in [-0.39, 0.29) is 25.0 Å². The maximum Gasteiger partial charge on any atom is 0.317 e. The molecule has 0 atom stereocenters. The number of amides is 2. The quantitative estimate of drug-likeness (QED) is 0.832. The number of nitrogens with zero attached hydrogens (tertiary/aromatic N) is 1. The van der Waals surface area contributed by atoms with Crippen LogP contribution in [0.1, 0.15) is 25.8 Å². The van der Waals surface area contributed by atoms with Gasteiger partial charge >= 0.3 is 12.0 Å². The van der Waals surface area contributed by atoms with Crippen molar-refractivity contribution in [2.45, 2.75) is 32.9 Å². The van der Waals surface area contributed by atoms with Crippen LogP contribution in [0, 0.1) is 0 Å². The van der Waals surface area contributed by atoms with Crippen molar-refractivity contribution in [3.8, 4) is 0 Å². The highest BCUT2D eigenvalue weighted by Gasteiger charge is 2.17. The third-order valence-corrected chi connectivity index (χ3v) is 3.21. The average molecular weight is 270 g/mol. The van der Waals surface area contributed by atoms with Crippen molar-refractivity contribution < 1.29 is 14.7 Å². The predicted octanol–water partition coefficient (Wildman–Crippen LogP) is 2.14. The molecular weight excluding hydrogens is 252 g/mol. The predicted molar refractivity (Wildman–Crippen MR) is 70.6 cm³/mol. The number of rotatable bonds is 6. The third-order valence-electron chi connectivity index (χ3n) is 2.47. The lowest BCUT2D eigenvalue weighted by molar-refractivity contribution is -0.137. The van der Waals surface area contributed by atoms with Gasteiger partial charge in [0.2, 0.25) is 0 Å². The zero-order valence-corrected chi connectivity index (χ0v) is 11.4. The number of thiophene rings is 1. The minimum Gasteiger partial charge on any atom is -0.481 e. The topological polar surface area (TPSA) is 69.6 Å². The summed E-state index contributed by atoms with van der Waals surface area (Å²) in [5.41, 5.74) is 1.05. The van der Waals surface area contributed by atoms with E-state index in [4.69, 9.17) is 5.11 Å². The summed E-state index contributed by atoms with van der Waals surface area (Å²) in [5, 5.41) is 15.4. The second-order valence-corrected chi connectivity index (χ2v) is 5.00. The van der Waals surface area contributed by atoms with Crippen LogP contribution < -0.4 is 5.32 Å². The van der Waals surface area contributed by atoms with Gasteiger partial charge in [-0.3, -0.25) is 4.79 Å². The molecule has 0 saturated carbocycles. The molecule has 2 amide bonds. The van der Waals surface area contributed by atoms with Gasteiger partial charge < -0.3 is 15.3 Å². The first-order chi connectivity index (χ1) is 8.50. The summed E-state index contributed by atoms with van der Waals surface area (Å²) in [6.45, 7) is 4.43. The Balaban J connectivity index is 2.46. The van der Waals surface area contributed by atoms with E-state index in [2.05, 4.69) is 5.32 Å². The number of hydrogen-bond acceptors (Lipinski definition) is 3. The van der Waals surface area contributed by atoms with Gasteiger partial charge in [-0.25, -0.2) is 4.79 Å². The zero-order valence-electron chi connectivity index (χ0n) is 10.5. The lowest BCUT2D eigenvalue weighted by Crippen LogP contribution is -2.44. The van der Waals surface area contributed by atoms with E-state index in [9.17, 15) is 9.59 Å². The largest absolute Gasteiger partial charge is 0.481 e. The molecule has 1 rings (SSSR count). The maximum absolute atomic E-state index is 11.9.